The van der Waals surface area contributed by atoms with E-state index in [2.05, 4.69) is 38.8 Å². The molecule has 0 aliphatic carbocycles. The lowest BCUT2D eigenvalue weighted by Crippen LogP contribution is -2.42. The Hall–Kier alpha value is -1.86. The second-order valence-corrected chi connectivity index (χ2v) is 13.0. The summed E-state index contributed by atoms with van der Waals surface area (Å²) in [6.45, 7) is 14.8. The first-order valence-electron chi connectivity index (χ1n) is 9.07. The van der Waals surface area contributed by atoms with Crippen molar-refractivity contribution in [3.8, 4) is 5.75 Å². The number of aromatic amines is 1. The number of methoxy groups -OCH3 is 2. The van der Waals surface area contributed by atoms with Crippen molar-refractivity contribution in [1.29, 1.82) is 0 Å². The first-order chi connectivity index (χ1) is 12.4. The Morgan fingerprint density at radius 1 is 1.30 bits per heavy atom. The molecule has 0 saturated heterocycles. The number of hydrogen-bond acceptors (Lipinski definition) is 5. The smallest absolute Gasteiger partial charge is 0.358 e. The van der Waals surface area contributed by atoms with Gasteiger partial charge in [0.05, 0.1) is 20.3 Å². The van der Waals surface area contributed by atoms with Crippen LogP contribution < -0.4 is 10.2 Å². The van der Waals surface area contributed by atoms with E-state index in [1.165, 1.54) is 20.3 Å². The lowest BCUT2D eigenvalue weighted by atomic mass is 10.1. The second-order valence-electron chi connectivity index (χ2n) is 8.19. The van der Waals surface area contributed by atoms with Crippen molar-refractivity contribution in [3.05, 3.63) is 39.3 Å². The van der Waals surface area contributed by atoms with Crippen molar-refractivity contribution in [3.63, 3.8) is 0 Å². The number of hydrogen-bond donors (Lipinski definition) is 1. The molecule has 6 nitrogen and oxygen atoms in total. The molecule has 0 bridgehead atoms. The van der Waals surface area contributed by atoms with E-state index in [1.54, 1.807) is 0 Å². The van der Waals surface area contributed by atoms with E-state index in [0.717, 1.165) is 5.57 Å². The van der Waals surface area contributed by atoms with Crippen molar-refractivity contribution < 1.29 is 18.7 Å². The molecule has 7 heteroatoms. The Kier molecular flexibility index (Phi) is 7.63. The molecule has 0 amide bonds. The highest BCUT2D eigenvalue weighted by atomic mass is 28.4. The van der Waals surface area contributed by atoms with Crippen LogP contribution in [0.1, 0.15) is 63.3 Å². The maximum atomic E-state index is 12.5. The van der Waals surface area contributed by atoms with Gasteiger partial charge in [0.15, 0.2) is 19.8 Å². The molecule has 0 spiro atoms. The SMILES string of the molecule is C/C=C(\C)CC(O[Si](C)(C)C(C)(C)C)c1cc(=O)c(OC)c(C(=O)OC)[nH]1. The Balaban J connectivity index is 3.52. The van der Waals surface area contributed by atoms with Crippen LogP contribution >= 0.6 is 0 Å². The minimum atomic E-state index is -2.12. The lowest BCUT2D eigenvalue weighted by Gasteiger charge is -2.39. The predicted molar refractivity (Wildman–Crippen MR) is 110 cm³/mol. The van der Waals surface area contributed by atoms with Gasteiger partial charge < -0.3 is 18.9 Å². The summed E-state index contributed by atoms with van der Waals surface area (Å²) in [4.78, 5) is 27.7. The molecule has 0 aromatic carbocycles. The molecule has 1 unspecified atom stereocenters. The van der Waals surface area contributed by atoms with Crippen molar-refractivity contribution in [2.24, 2.45) is 0 Å². The van der Waals surface area contributed by atoms with Crippen molar-refractivity contribution in [1.82, 2.24) is 4.98 Å². The zero-order valence-electron chi connectivity index (χ0n) is 18.0. The van der Waals surface area contributed by atoms with E-state index in [1.807, 2.05) is 19.9 Å². The van der Waals surface area contributed by atoms with Crippen molar-refractivity contribution in [2.45, 2.75) is 65.3 Å². The van der Waals surface area contributed by atoms with Gasteiger partial charge in [-0.05, 0) is 38.4 Å². The van der Waals surface area contributed by atoms with Crippen LogP contribution in [0.5, 0.6) is 5.75 Å². The lowest BCUT2D eigenvalue weighted by molar-refractivity contribution is 0.0588. The van der Waals surface area contributed by atoms with E-state index in [0.29, 0.717) is 12.1 Å². The van der Waals surface area contributed by atoms with Gasteiger partial charge >= 0.3 is 5.97 Å². The zero-order valence-corrected chi connectivity index (χ0v) is 19.0. The second kappa shape index (κ2) is 8.88. The number of carbonyl (C=O) groups is 1. The number of nitrogens with one attached hydrogen (secondary N) is 1. The van der Waals surface area contributed by atoms with Gasteiger partial charge in [-0.3, -0.25) is 4.79 Å². The molecule has 1 aromatic rings. The first kappa shape index (κ1) is 23.2. The van der Waals surface area contributed by atoms with Crippen LogP contribution in [0, 0.1) is 0 Å². The van der Waals surface area contributed by atoms with Gasteiger partial charge in [0.25, 0.3) is 0 Å². The minimum Gasteiger partial charge on any atom is -0.491 e. The van der Waals surface area contributed by atoms with Crippen LogP contribution in [0.15, 0.2) is 22.5 Å². The van der Waals surface area contributed by atoms with E-state index < -0.39 is 14.3 Å². The van der Waals surface area contributed by atoms with Crippen molar-refractivity contribution in [2.75, 3.05) is 14.2 Å². The van der Waals surface area contributed by atoms with Gasteiger partial charge in [0.1, 0.15) is 0 Å². The number of H-pyrrole nitrogens is 1. The fourth-order valence-corrected chi connectivity index (χ4v) is 3.62. The Morgan fingerprint density at radius 3 is 2.33 bits per heavy atom. The molecule has 0 fully saturated rings. The molecule has 0 aliphatic rings. The molecule has 1 aromatic heterocycles. The number of aromatic nitrogens is 1. The summed E-state index contributed by atoms with van der Waals surface area (Å²) < 4.78 is 16.5. The number of pyridine rings is 1. The normalized spacial score (nSPS) is 14.0. The fourth-order valence-electron chi connectivity index (χ4n) is 2.35. The first-order valence-corrected chi connectivity index (χ1v) is 12.0. The van der Waals surface area contributed by atoms with E-state index in [4.69, 9.17) is 13.9 Å². The van der Waals surface area contributed by atoms with Gasteiger partial charge in [0.2, 0.25) is 5.43 Å². The van der Waals surface area contributed by atoms with Gasteiger partial charge in [-0.2, -0.15) is 0 Å². The summed E-state index contributed by atoms with van der Waals surface area (Å²) in [5.41, 5.74) is 1.31. The van der Waals surface area contributed by atoms with Crippen LogP contribution in [0.25, 0.3) is 0 Å². The number of allylic oxidation sites excluding steroid dienone is 1. The number of carbonyl (C=O) groups excluding carboxylic acids is 1. The fraction of sp³-hybridized carbons (Fsp3) is 0.600. The molecule has 0 saturated carbocycles. The Morgan fingerprint density at radius 2 is 1.89 bits per heavy atom. The number of ether oxygens (including phenoxy) is 2. The van der Waals surface area contributed by atoms with Crippen LogP contribution in [0.2, 0.25) is 18.1 Å². The Bertz CT molecular complexity index is 759. The molecule has 1 N–H and O–H groups in total. The maximum Gasteiger partial charge on any atom is 0.358 e. The zero-order chi connectivity index (χ0) is 21.0. The summed E-state index contributed by atoms with van der Waals surface area (Å²) in [5, 5.41) is 0.00697. The number of esters is 1. The van der Waals surface area contributed by atoms with Crippen LogP contribution in [-0.2, 0) is 9.16 Å². The van der Waals surface area contributed by atoms with Crippen molar-refractivity contribution >= 4 is 14.3 Å². The third-order valence-electron chi connectivity index (χ3n) is 5.19. The third kappa shape index (κ3) is 5.56. The van der Waals surface area contributed by atoms with E-state index in [-0.39, 0.29) is 28.0 Å². The Labute approximate surface area is 163 Å². The molecular formula is C20H33NO5Si. The monoisotopic (exact) mass is 395 g/mol. The third-order valence-corrected chi connectivity index (χ3v) is 9.68. The summed E-state index contributed by atoms with van der Waals surface area (Å²) in [7, 11) is 0.496. The quantitative estimate of drug-likeness (QED) is 0.415. The van der Waals surface area contributed by atoms with Crippen LogP contribution in [0.3, 0.4) is 0 Å². The molecule has 0 radical (unpaired) electrons. The van der Waals surface area contributed by atoms with Crippen LogP contribution in [-0.4, -0.2) is 33.5 Å². The van der Waals surface area contributed by atoms with Crippen LogP contribution in [0.4, 0.5) is 0 Å². The van der Waals surface area contributed by atoms with Gasteiger partial charge in [-0.15, -0.1) is 0 Å². The summed E-state index contributed by atoms with van der Waals surface area (Å²) in [6.07, 6.45) is 2.26. The average Bonchev–Trinajstić information content (AvgIpc) is 2.58. The molecule has 0 aliphatic heterocycles. The van der Waals surface area contributed by atoms with E-state index >= 15 is 0 Å². The standard InChI is InChI=1S/C20H33NO5Si/c1-10-13(2)11-16(26-27(8,9)20(3,4)5)14-12-15(22)18(24-6)17(21-14)19(23)25-7/h10,12,16H,11H2,1-9H3,(H,21,22)/b13-10+. The molecule has 1 atom stereocenters. The maximum absolute atomic E-state index is 12.5. The molecule has 1 rings (SSSR count). The highest BCUT2D eigenvalue weighted by Gasteiger charge is 2.40. The summed E-state index contributed by atoms with van der Waals surface area (Å²) in [6, 6.07) is 1.45. The summed E-state index contributed by atoms with van der Waals surface area (Å²) >= 11 is 0. The van der Waals surface area contributed by atoms with Gasteiger partial charge in [-0.25, -0.2) is 4.79 Å². The molecular weight excluding hydrogens is 362 g/mol. The largest absolute Gasteiger partial charge is 0.491 e. The molecule has 1 heterocycles. The van der Waals surface area contributed by atoms with Gasteiger partial charge in [-0.1, -0.05) is 32.4 Å². The van der Waals surface area contributed by atoms with E-state index in [9.17, 15) is 9.59 Å². The average molecular weight is 396 g/mol. The highest BCUT2D eigenvalue weighted by Crippen LogP contribution is 2.41. The number of rotatable bonds is 7. The summed E-state index contributed by atoms with van der Waals surface area (Å²) in [5.74, 6) is -0.709. The predicted octanol–water partition coefficient (Wildman–Crippen LogP) is 4.59. The highest BCUT2D eigenvalue weighted by molar-refractivity contribution is 6.74. The van der Waals surface area contributed by atoms with Gasteiger partial charge in [0, 0.05) is 11.8 Å². The molecule has 152 valence electrons. The molecule has 27 heavy (non-hydrogen) atoms. The minimum absolute atomic E-state index is 0.00413. The topological polar surface area (TPSA) is 77.6 Å².